The molecule has 28 heteroatoms. The highest BCUT2D eigenvalue weighted by molar-refractivity contribution is 7.99. The fourth-order valence-electron chi connectivity index (χ4n) is 8.95. The molecule has 2 aliphatic rings. The number of ketones is 1. The molecular formula is C55H71Cl2N5O19S2. The van der Waals surface area contributed by atoms with Crippen LogP contribution in [-0.4, -0.2) is 212 Å². The molecule has 0 aromatic heterocycles. The summed E-state index contributed by atoms with van der Waals surface area (Å²) in [5.41, 5.74) is 1.22. The number of rotatable bonds is 33. The van der Waals surface area contributed by atoms with Gasteiger partial charge >= 0.3 is 5.97 Å². The third-order valence-electron chi connectivity index (χ3n) is 13.3. The van der Waals surface area contributed by atoms with Gasteiger partial charge in [0.25, 0.3) is 23.5 Å². The molecular weight excluding hydrogens is 1170 g/mol. The molecule has 0 aliphatic carbocycles. The zero-order valence-corrected chi connectivity index (χ0v) is 48.6. The molecule has 2 aliphatic heterocycles. The lowest BCUT2D eigenvalue weighted by Gasteiger charge is -2.46. The number of carbonyl (C=O) groups is 8. The van der Waals surface area contributed by atoms with Crippen LogP contribution >= 0.6 is 46.7 Å². The lowest BCUT2D eigenvalue weighted by atomic mass is 9.88. The highest BCUT2D eigenvalue weighted by atomic mass is 35.5. The van der Waals surface area contributed by atoms with E-state index in [2.05, 4.69) is 26.6 Å². The molecule has 83 heavy (non-hydrogen) atoms. The minimum Gasteiger partial charge on any atom is -0.477 e. The molecule has 0 unspecified atom stereocenters. The first-order valence-corrected chi connectivity index (χ1v) is 29.7. The fraction of sp³-hybridized carbons (Fsp3) is 0.527. The van der Waals surface area contributed by atoms with E-state index in [0.29, 0.717) is 76.3 Å². The average Bonchev–Trinajstić information content (AvgIpc) is 3.25. The standard InChI is InChI=1S/C55H71Cl2N5O19S2/c1-31(64)61-44-40(67)26-54(30-63,80-48(44)46(71)42(69)28-59-51(74)35-11-15-37(56)16-12-35)78-20-4-24-83-25-19-58-50(73)34-9-7-33(8-10-34)39(66)6-3-22-82-23-5-21-79-55(53(76)77)27-41(68)45(62-32(2)65)49(81-55)47(72)43(70)29-60-52(75)36-13-17-38(57)18-14-36/h7-18,30,40-49,67-72H,3-6,19-29H2,1-2H3,(H,58,73)(H,59,74)(H,60,75)(H,61,64)(H,62,65)(H,76,77)/t40-,41-,42+,43+,44+,45+,46+,47+,48+,49+,54+,55+/m0/s1. The third-order valence-corrected chi connectivity index (χ3v) is 16.0. The maximum Gasteiger partial charge on any atom is 0.364 e. The quantitative estimate of drug-likeness (QED) is 0.0232. The molecule has 24 nitrogen and oxygen atoms in total. The van der Waals surface area contributed by atoms with Crippen LogP contribution in [0.25, 0.3) is 0 Å². The van der Waals surface area contributed by atoms with Crippen molar-refractivity contribution in [2.24, 2.45) is 0 Å². The van der Waals surface area contributed by atoms with Gasteiger partial charge in [-0.05, 0) is 97.2 Å². The lowest BCUT2D eigenvalue weighted by Crippen LogP contribution is -2.68. The van der Waals surface area contributed by atoms with Gasteiger partial charge in [-0.25, -0.2) is 4.79 Å². The van der Waals surface area contributed by atoms with Crippen molar-refractivity contribution in [3.05, 3.63) is 105 Å². The Balaban J connectivity index is 0.969. The van der Waals surface area contributed by atoms with Crippen LogP contribution in [0.1, 0.15) is 93.8 Å². The van der Waals surface area contributed by atoms with Crippen molar-refractivity contribution >= 4 is 94.3 Å². The Labute approximate surface area is 497 Å². The number of hydrogen-bond donors (Lipinski definition) is 12. The first-order valence-electron chi connectivity index (χ1n) is 26.6. The number of aliphatic hydroxyl groups is 6. The van der Waals surface area contributed by atoms with Crippen LogP contribution in [0, 0.1) is 0 Å². The molecule has 2 heterocycles. The number of aliphatic carboxylic acids is 1. The number of nitrogens with one attached hydrogen (secondary N) is 5. The van der Waals surface area contributed by atoms with E-state index in [1.54, 1.807) is 24.3 Å². The summed E-state index contributed by atoms with van der Waals surface area (Å²) < 4.78 is 23.2. The number of benzene rings is 3. The van der Waals surface area contributed by atoms with Crippen LogP contribution in [0.4, 0.5) is 0 Å². The molecule has 12 atom stereocenters. The van der Waals surface area contributed by atoms with E-state index in [1.807, 2.05) is 0 Å². The summed E-state index contributed by atoms with van der Waals surface area (Å²) in [4.78, 5) is 100. The van der Waals surface area contributed by atoms with E-state index >= 15 is 0 Å². The van der Waals surface area contributed by atoms with Crippen LogP contribution in [0.2, 0.25) is 10.0 Å². The van der Waals surface area contributed by atoms with E-state index in [-0.39, 0.29) is 42.5 Å². The molecule has 0 radical (unpaired) electrons. The lowest BCUT2D eigenvalue weighted by molar-refractivity contribution is -0.310. The second-order valence-corrected chi connectivity index (χ2v) is 23.0. The molecule has 5 amide bonds. The molecule has 2 saturated heterocycles. The number of amides is 5. The highest BCUT2D eigenvalue weighted by Crippen LogP contribution is 2.35. The van der Waals surface area contributed by atoms with Crippen molar-refractivity contribution in [3.8, 4) is 0 Å². The number of carboxylic acid groups (broad SMARTS) is 1. The van der Waals surface area contributed by atoms with Gasteiger partial charge in [0, 0.05) is 90.8 Å². The van der Waals surface area contributed by atoms with Gasteiger partial charge in [-0.1, -0.05) is 35.3 Å². The van der Waals surface area contributed by atoms with E-state index < -0.39 is 128 Å². The Kier molecular flexibility index (Phi) is 27.6. The fourth-order valence-corrected chi connectivity index (χ4v) is 10.9. The second kappa shape index (κ2) is 33.4. The summed E-state index contributed by atoms with van der Waals surface area (Å²) in [5.74, 6) is -6.89. The van der Waals surface area contributed by atoms with E-state index in [1.165, 1.54) is 79.0 Å². The molecule has 0 spiro atoms. The summed E-state index contributed by atoms with van der Waals surface area (Å²) in [5, 5.41) is 89.8. The van der Waals surface area contributed by atoms with Gasteiger partial charge in [-0.2, -0.15) is 23.5 Å². The topological polar surface area (TPSA) is 375 Å². The Morgan fingerprint density at radius 1 is 0.614 bits per heavy atom. The summed E-state index contributed by atoms with van der Waals surface area (Å²) >= 11 is 14.7. The maximum absolute atomic E-state index is 13.0. The molecule has 0 bridgehead atoms. The number of carbonyl (C=O) groups excluding carboxylic acids is 7. The van der Waals surface area contributed by atoms with E-state index in [9.17, 15) is 74.1 Å². The van der Waals surface area contributed by atoms with Gasteiger partial charge in [-0.15, -0.1) is 0 Å². The largest absolute Gasteiger partial charge is 0.477 e. The van der Waals surface area contributed by atoms with Crippen molar-refractivity contribution in [1.82, 2.24) is 26.6 Å². The van der Waals surface area contributed by atoms with E-state index in [4.69, 9.17) is 42.1 Å². The number of Topliss-reactive ketones (excluding diaryl/α,β-unsaturated/α-hetero) is 1. The minimum atomic E-state index is -2.47. The van der Waals surface area contributed by atoms with Crippen LogP contribution < -0.4 is 26.6 Å². The van der Waals surface area contributed by atoms with Crippen molar-refractivity contribution in [1.29, 1.82) is 0 Å². The molecule has 5 rings (SSSR count). The first kappa shape index (κ1) is 68.5. The molecule has 0 saturated carbocycles. The average molecular weight is 1240 g/mol. The monoisotopic (exact) mass is 1240 g/mol. The van der Waals surface area contributed by atoms with Crippen molar-refractivity contribution in [3.63, 3.8) is 0 Å². The van der Waals surface area contributed by atoms with Gasteiger partial charge < -0.3 is 81.3 Å². The predicted molar refractivity (Wildman–Crippen MR) is 305 cm³/mol. The summed E-state index contributed by atoms with van der Waals surface area (Å²) in [6, 6.07) is 15.4. The number of aldehydes is 1. The number of thioether (sulfide) groups is 2. The second-order valence-electron chi connectivity index (χ2n) is 19.7. The first-order chi connectivity index (χ1) is 39.5. The van der Waals surface area contributed by atoms with Crippen molar-refractivity contribution in [2.45, 2.75) is 125 Å². The van der Waals surface area contributed by atoms with E-state index in [0.717, 1.165) is 6.92 Å². The Bertz CT molecular complexity index is 2650. The molecule has 456 valence electrons. The summed E-state index contributed by atoms with van der Waals surface area (Å²) in [6.45, 7) is 1.49. The molecule has 3 aromatic carbocycles. The number of hydrogen-bond acceptors (Lipinski definition) is 20. The van der Waals surface area contributed by atoms with Crippen LogP contribution in [-0.2, 0) is 38.1 Å². The zero-order valence-electron chi connectivity index (χ0n) is 45.5. The van der Waals surface area contributed by atoms with Crippen LogP contribution in [0.3, 0.4) is 0 Å². The molecule has 12 N–H and O–H groups in total. The van der Waals surface area contributed by atoms with Gasteiger partial charge in [0.1, 0.15) is 24.4 Å². The Hall–Kier alpha value is -5.30. The maximum atomic E-state index is 13.0. The summed E-state index contributed by atoms with van der Waals surface area (Å²) in [7, 11) is 0. The van der Waals surface area contributed by atoms with Gasteiger partial charge in [0.2, 0.25) is 17.6 Å². The summed E-state index contributed by atoms with van der Waals surface area (Å²) in [6.07, 6.45) is -12.6. The van der Waals surface area contributed by atoms with Gasteiger partial charge in [0.15, 0.2) is 12.1 Å². The number of ether oxygens (including phenoxy) is 4. The molecule has 2 fully saturated rings. The van der Waals surface area contributed by atoms with Crippen molar-refractivity contribution < 1.29 is 93.0 Å². The number of aliphatic hydroxyl groups excluding tert-OH is 6. The third kappa shape index (κ3) is 20.7. The normalized spacial score (nSPS) is 23.8. The minimum absolute atomic E-state index is 0.0220. The van der Waals surface area contributed by atoms with Gasteiger partial charge in [0.05, 0.1) is 49.7 Å². The van der Waals surface area contributed by atoms with Crippen molar-refractivity contribution in [2.75, 3.05) is 55.9 Å². The smallest absolute Gasteiger partial charge is 0.364 e. The van der Waals surface area contributed by atoms with Gasteiger partial charge in [-0.3, -0.25) is 33.6 Å². The highest BCUT2D eigenvalue weighted by Gasteiger charge is 2.56. The van der Waals surface area contributed by atoms with Crippen LogP contribution in [0.15, 0.2) is 72.8 Å². The number of carboxylic acids is 1. The molecule has 3 aromatic rings. The number of halogens is 2. The SMILES string of the molecule is CC(=O)N[C@H]1[C@H]([C@H](O)[C@H](O)CNC(=O)c2ccc(Cl)cc2)O[C@](C=O)(OCCCSCCNC(=O)c2ccc(C(=O)CCCSCCCO[C@]3(C(=O)O)C[C@H](O)[C@@H](NC(C)=O)[C@H]([C@H](O)[C@H](O)CNC(=O)c4ccc(Cl)cc4)O3)cc2)C[C@@H]1O. The zero-order chi connectivity index (χ0) is 60.9. The van der Waals surface area contributed by atoms with Crippen LogP contribution in [0.5, 0.6) is 0 Å². The predicted octanol–water partition coefficient (Wildman–Crippen LogP) is 1.25. The Morgan fingerprint density at radius 3 is 1.52 bits per heavy atom. The Morgan fingerprint density at radius 2 is 1.04 bits per heavy atom.